The number of ketones is 1. The fourth-order valence-electron chi connectivity index (χ4n) is 3.17. The molecule has 1 aliphatic carbocycles. The summed E-state index contributed by atoms with van der Waals surface area (Å²) in [5, 5.41) is 8.84. The predicted octanol–water partition coefficient (Wildman–Crippen LogP) is 1.32. The standard InChI is InChI=1S/C17H30N2O5S/c1-11-7-5-4-6-8-16(11,2)25-10-17(19,15(23)24-3)14(22)12(18)9-13(20)21/h11-12H,4-10,18-19H2,1-3H3,(H,20,21)/t11?,12-,16?,17+/m0/s1. The van der Waals surface area contributed by atoms with E-state index in [0.29, 0.717) is 5.92 Å². The molecule has 8 heteroatoms. The topological polar surface area (TPSA) is 133 Å². The minimum Gasteiger partial charge on any atom is -0.481 e. The van der Waals surface area contributed by atoms with Crippen LogP contribution in [-0.2, 0) is 19.1 Å². The fraction of sp³-hybridized carbons (Fsp3) is 0.824. The first-order chi connectivity index (χ1) is 11.6. The van der Waals surface area contributed by atoms with Crippen molar-refractivity contribution in [2.24, 2.45) is 17.4 Å². The summed E-state index contributed by atoms with van der Waals surface area (Å²) in [4.78, 5) is 35.6. The Labute approximate surface area is 153 Å². The van der Waals surface area contributed by atoms with Gasteiger partial charge in [0.1, 0.15) is 0 Å². The van der Waals surface area contributed by atoms with Gasteiger partial charge in [0.15, 0.2) is 11.3 Å². The van der Waals surface area contributed by atoms with Gasteiger partial charge in [-0.05, 0) is 18.8 Å². The highest BCUT2D eigenvalue weighted by Gasteiger charge is 2.47. The van der Waals surface area contributed by atoms with Crippen molar-refractivity contribution in [3.63, 3.8) is 0 Å². The van der Waals surface area contributed by atoms with E-state index in [1.807, 2.05) is 0 Å². The molecule has 144 valence electrons. The third-order valence-corrected chi connectivity index (χ3v) is 7.07. The Bertz CT molecular complexity index is 515. The van der Waals surface area contributed by atoms with Gasteiger partial charge in [-0.15, -0.1) is 0 Å². The summed E-state index contributed by atoms with van der Waals surface area (Å²) < 4.78 is 4.61. The molecule has 0 saturated heterocycles. The Morgan fingerprint density at radius 3 is 2.56 bits per heavy atom. The van der Waals surface area contributed by atoms with E-state index in [-0.39, 0.29) is 10.5 Å². The number of carboxylic acid groups (broad SMARTS) is 1. The molecule has 2 unspecified atom stereocenters. The molecule has 0 bridgehead atoms. The summed E-state index contributed by atoms with van der Waals surface area (Å²) in [7, 11) is 1.15. The average molecular weight is 375 g/mol. The lowest BCUT2D eigenvalue weighted by atomic mass is 9.90. The second-order valence-corrected chi connectivity index (χ2v) is 8.64. The summed E-state index contributed by atoms with van der Waals surface area (Å²) in [6.07, 6.45) is 4.93. The first-order valence-corrected chi connectivity index (χ1v) is 9.58. The van der Waals surface area contributed by atoms with Crippen molar-refractivity contribution in [1.29, 1.82) is 0 Å². The zero-order valence-electron chi connectivity index (χ0n) is 15.2. The molecule has 0 aromatic carbocycles. The number of thioether (sulfide) groups is 1. The fourth-order valence-corrected chi connectivity index (χ4v) is 4.68. The van der Waals surface area contributed by atoms with E-state index < -0.39 is 35.7 Å². The number of Topliss-reactive ketones (excluding diaryl/α,β-unsaturated/α-hetero) is 1. The maximum Gasteiger partial charge on any atom is 0.334 e. The molecule has 0 aliphatic heterocycles. The molecule has 5 N–H and O–H groups in total. The minimum absolute atomic E-state index is 0.0205. The summed E-state index contributed by atoms with van der Waals surface area (Å²) in [6.45, 7) is 4.31. The number of hydrogen-bond acceptors (Lipinski definition) is 7. The maximum absolute atomic E-state index is 12.6. The zero-order valence-corrected chi connectivity index (χ0v) is 16.1. The number of hydrogen-bond donors (Lipinski definition) is 3. The molecule has 0 heterocycles. The molecule has 1 aliphatic rings. The number of ether oxygens (including phenoxy) is 1. The first kappa shape index (κ1) is 21.9. The van der Waals surface area contributed by atoms with Gasteiger partial charge in [-0.1, -0.05) is 33.1 Å². The third kappa shape index (κ3) is 5.43. The van der Waals surface area contributed by atoms with E-state index in [4.69, 9.17) is 21.3 Å². The largest absolute Gasteiger partial charge is 0.481 e. The second kappa shape index (κ2) is 9.00. The zero-order chi connectivity index (χ0) is 19.3. The van der Waals surface area contributed by atoms with Crippen LogP contribution in [0.2, 0.25) is 0 Å². The second-order valence-electron chi connectivity index (χ2n) is 7.13. The quantitative estimate of drug-likeness (QED) is 0.329. The Morgan fingerprint density at radius 1 is 1.36 bits per heavy atom. The summed E-state index contributed by atoms with van der Waals surface area (Å²) in [6, 6.07) is -1.35. The molecule has 0 radical (unpaired) electrons. The molecule has 1 rings (SSSR count). The minimum atomic E-state index is -1.94. The molecule has 4 atom stereocenters. The van der Waals surface area contributed by atoms with E-state index in [1.54, 1.807) is 0 Å². The van der Waals surface area contributed by atoms with Crippen LogP contribution in [0.25, 0.3) is 0 Å². The van der Waals surface area contributed by atoms with Crippen LogP contribution < -0.4 is 11.5 Å². The number of esters is 1. The predicted molar refractivity (Wildman–Crippen MR) is 97.3 cm³/mol. The number of nitrogens with two attached hydrogens (primary N) is 2. The van der Waals surface area contributed by atoms with Crippen molar-refractivity contribution in [3.05, 3.63) is 0 Å². The highest BCUT2D eigenvalue weighted by molar-refractivity contribution is 8.00. The van der Waals surface area contributed by atoms with Gasteiger partial charge in [0, 0.05) is 10.5 Å². The van der Waals surface area contributed by atoms with Crippen LogP contribution in [-0.4, -0.2) is 52.0 Å². The van der Waals surface area contributed by atoms with Gasteiger partial charge in [0.2, 0.25) is 0 Å². The van der Waals surface area contributed by atoms with Gasteiger partial charge >= 0.3 is 11.9 Å². The van der Waals surface area contributed by atoms with Gasteiger partial charge < -0.3 is 21.3 Å². The third-order valence-electron chi connectivity index (χ3n) is 5.20. The monoisotopic (exact) mass is 374 g/mol. The van der Waals surface area contributed by atoms with Crippen molar-refractivity contribution in [2.75, 3.05) is 12.9 Å². The molecule has 1 saturated carbocycles. The van der Waals surface area contributed by atoms with Gasteiger partial charge in [-0.3, -0.25) is 9.59 Å². The van der Waals surface area contributed by atoms with Crippen LogP contribution in [0.3, 0.4) is 0 Å². The molecular weight excluding hydrogens is 344 g/mol. The summed E-state index contributed by atoms with van der Waals surface area (Å²) in [5.41, 5.74) is 9.84. The average Bonchev–Trinajstić information content (AvgIpc) is 2.72. The molecular formula is C17H30N2O5S. The number of carbonyl (C=O) groups excluding carboxylic acids is 2. The van der Waals surface area contributed by atoms with E-state index in [1.165, 1.54) is 24.6 Å². The van der Waals surface area contributed by atoms with E-state index >= 15 is 0 Å². The van der Waals surface area contributed by atoms with Gasteiger partial charge in [-0.25, -0.2) is 4.79 Å². The SMILES string of the molecule is COC(=O)[C@@](N)(CSC1(C)CCCCCC1C)C(=O)[C@@H](N)CC(=O)O. The smallest absolute Gasteiger partial charge is 0.334 e. The normalized spacial score (nSPS) is 27.6. The number of methoxy groups -OCH3 is 1. The van der Waals surface area contributed by atoms with Crippen molar-refractivity contribution in [3.8, 4) is 0 Å². The van der Waals surface area contributed by atoms with Crippen LogP contribution in [0.1, 0.15) is 52.4 Å². The van der Waals surface area contributed by atoms with Crippen molar-refractivity contribution < 1.29 is 24.2 Å². The van der Waals surface area contributed by atoms with Gasteiger partial charge in [0.05, 0.1) is 19.6 Å². The van der Waals surface area contributed by atoms with Gasteiger partial charge in [-0.2, -0.15) is 11.8 Å². The van der Waals surface area contributed by atoms with Gasteiger partial charge in [0.25, 0.3) is 0 Å². The molecule has 0 aromatic rings. The number of carboxylic acids is 1. The highest BCUT2D eigenvalue weighted by atomic mass is 32.2. The molecule has 0 aromatic heterocycles. The number of carbonyl (C=O) groups is 3. The Hall–Kier alpha value is -1.12. The molecule has 0 spiro atoms. The first-order valence-electron chi connectivity index (χ1n) is 8.60. The van der Waals surface area contributed by atoms with Crippen molar-refractivity contribution in [1.82, 2.24) is 0 Å². The molecule has 1 fully saturated rings. The van der Waals surface area contributed by atoms with Crippen LogP contribution in [0.5, 0.6) is 0 Å². The lowest BCUT2D eigenvalue weighted by Crippen LogP contribution is -2.63. The summed E-state index contributed by atoms with van der Waals surface area (Å²) in [5.74, 6) is -2.45. The molecule has 25 heavy (non-hydrogen) atoms. The van der Waals surface area contributed by atoms with E-state index in [0.717, 1.165) is 26.4 Å². The van der Waals surface area contributed by atoms with E-state index in [2.05, 4.69) is 13.8 Å². The molecule has 0 amide bonds. The number of rotatable bonds is 8. The van der Waals surface area contributed by atoms with Crippen LogP contribution in [0, 0.1) is 5.92 Å². The lowest BCUT2D eigenvalue weighted by molar-refractivity contribution is -0.151. The van der Waals surface area contributed by atoms with Crippen molar-refractivity contribution in [2.45, 2.75) is 68.7 Å². The Kier molecular flexibility index (Phi) is 7.89. The van der Waals surface area contributed by atoms with Crippen LogP contribution in [0.15, 0.2) is 0 Å². The Balaban J connectivity index is 2.96. The lowest BCUT2D eigenvalue weighted by Gasteiger charge is -2.37. The Morgan fingerprint density at radius 2 is 2.00 bits per heavy atom. The van der Waals surface area contributed by atoms with Crippen LogP contribution >= 0.6 is 11.8 Å². The number of aliphatic carboxylic acids is 1. The molecule has 7 nitrogen and oxygen atoms in total. The van der Waals surface area contributed by atoms with Crippen molar-refractivity contribution >= 4 is 29.5 Å². The highest BCUT2D eigenvalue weighted by Crippen LogP contribution is 2.43. The maximum atomic E-state index is 12.6. The van der Waals surface area contributed by atoms with E-state index in [9.17, 15) is 14.4 Å². The summed E-state index contributed by atoms with van der Waals surface area (Å²) >= 11 is 1.49. The van der Waals surface area contributed by atoms with Crippen LogP contribution in [0.4, 0.5) is 0 Å².